The average Bonchev–Trinajstić information content (AvgIpc) is 1.82. The van der Waals surface area contributed by atoms with Crippen molar-refractivity contribution in [2.45, 2.75) is 34.6 Å². The maximum Gasteiger partial charge on any atom is 0.230 e. The minimum absolute atomic E-state index is 1.26. The molecule has 0 N–H and O–H groups in total. The fraction of sp³-hybridized carbons (Fsp3) is 0.0964. The zero-order chi connectivity index (χ0) is 60.6. The van der Waals surface area contributed by atoms with Crippen LogP contribution in [0.1, 0.15) is 27.8 Å². The summed E-state index contributed by atoms with van der Waals surface area (Å²) in [7, 11) is 6.44. The molecular formula is C83H66N3S3+3. The van der Waals surface area contributed by atoms with Crippen molar-refractivity contribution in [3.8, 4) is 56.0 Å². The number of aromatic nitrogens is 3. The van der Waals surface area contributed by atoms with Crippen LogP contribution in [0.3, 0.4) is 0 Å². The largest absolute Gasteiger partial charge is 0.230 e. The molecule has 428 valence electrons. The molecule has 6 aromatic heterocycles. The monoisotopic (exact) mass is 1200 g/mol. The lowest BCUT2D eigenvalue weighted by Crippen LogP contribution is -2.30. The number of hydrogen-bond acceptors (Lipinski definition) is 3. The van der Waals surface area contributed by atoms with E-state index in [1.54, 1.807) is 0 Å². The molecule has 6 heterocycles. The quantitative estimate of drug-likeness (QED) is 0.152. The third-order valence-corrected chi connectivity index (χ3v) is 21.6. The number of rotatable bonds is 5. The van der Waals surface area contributed by atoms with Crippen molar-refractivity contribution >= 4 is 127 Å². The Kier molecular flexibility index (Phi) is 14.3. The zero-order valence-corrected chi connectivity index (χ0v) is 53.8. The highest BCUT2D eigenvalue weighted by Gasteiger charge is 2.25. The van der Waals surface area contributed by atoms with Gasteiger partial charge in [-0.05, 0) is 154 Å². The molecule has 3 nitrogen and oxygen atoms in total. The number of fused-ring (bicyclic) bond motifs is 15. The van der Waals surface area contributed by atoms with Gasteiger partial charge in [0.05, 0.1) is 16.7 Å². The van der Waals surface area contributed by atoms with Gasteiger partial charge in [-0.1, -0.05) is 181 Å². The van der Waals surface area contributed by atoms with Crippen LogP contribution in [0.25, 0.3) is 149 Å². The van der Waals surface area contributed by atoms with Crippen molar-refractivity contribution in [1.82, 2.24) is 0 Å². The van der Waals surface area contributed by atoms with Gasteiger partial charge in [-0.3, -0.25) is 0 Å². The van der Waals surface area contributed by atoms with E-state index in [1.807, 2.05) is 34.0 Å². The number of aryl methyl sites for hydroxylation is 8. The van der Waals surface area contributed by atoms with Gasteiger partial charge in [0.1, 0.15) is 35.2 Å². The molecule has 89 heavy (non-hydrogen) atoms. The lowest BCUT2D eigenvalue weighted by atomic mass is 9.97. The van der Waals surface area contributed by atoms with Gasteiger partial charge in [0.25, 0.3) is 0 Å². The van der Waals surface area contributed by atoms with Gasteiger partial charge in [-0.25, -0.2) is 0 Å². The van der Waals surface area contributed by atoms with E-state index in [-0.39, 0.29) is 0 Å². The number of benzene rings is 11. The Labute approximate surface area is 531 Å². The van der Waals surface area contributed by atoms with Crippen LogP contribution in [0.2, 0.25) is 0 Å². The van der Waals surface area contributed by atoms with E-state index in [4.69, 9.17) is 0 Å². The van der Waals surface area contributed by atoms with Gasteiger partial charge >= 0.3 is 0 Å². The Morgan fingerprint density at radius 2 is 0.584 bits per heavy atom. The second-order valence-corrected chi connectivity index (χ2v) is 27.1. The summed E-state index contributed by atoms with van der Waals surface area (Å²) in [5, 5.41) is 16.1. The Bertz CT molecular complexity index is 5650. The van der Waals surface area contributed by atoms with Crippen LogP contribution < -0.4 is 13.7 Å². The van der Waals surface area contributed by atoms with Crippen molar-refractivity contribution in [1.29, 1.82) is 0 Å². The van der Waals surface area contributed by atoms with Crippen LogP contribution in [0.4, 0.5) is 0 Å². The predicted octanol–water partition coefficient (Wildman–Crippen LogP) is 22.0. The van der Waals surface area contributed by atoms with Crippen molar-refractivity contribution in [3.05, 3.63) is 283 Å². The standard InChI is InChI=1S/C30H24NS.C29H22NS.C24H20NS/c1-19-8-10-21(11-9-19)22-12-14-25-23(18-22)13-15-27-28(25)26-16-17-31(3)29(30(26)32-27)24-7-5-4-6-20(24)2;1-19-8-6-7-11-23(19)28-29-25(16-17-30(28)2)27-24-14-12-21(20-9-4-3-5-10-20)18-22(24)13-15-26(27)31-29;1-15-8-10-19-17(14-15)9-11-21-22(19)20-12-13-25(3)23(24(20)26-21)18-7-5-4-6-16(18)2/h4-18H,1-3H3;3-18H,1-2H3;4-14H,1-3H3/q3*+1. The molecule has 0 saturated heterocycles. The van der Waals surface area contributed by atoms with Gasteiger partial charge < -0.3 is 0 Å². The molecular weight excluding hydrogens is 1140 g/mol. The minimum Gasteiger partial charge on any atom is -0.200 e. The third-order valence-electron chi connectivity index (χ3n) is 18.1. The summed E-state index contributed by atoms with van der Waals surface area (Å²) in [4.78, 5) is 0. The zero-order valence-electron chi connectivity index (χ0n) is 51.3. The van der Waals surface area contributed by atoms with E-state index in [1.165, 1.54) is 177 Å². The molecule has 6 heteroatoms. The lowest BCUT2D eigenvalue weighted by Gasteiger charge is -2.07. The Balaban J connectivity index is 0.000000112. The summed E-state index contributed by atoms with van der Waals surface area (Å²) in [6, 6.07) is 86.5. The summed E-state index contributed by atoms with van der Waals surface area (Å²) < 4.78 is 14.9. The Morgan fingerprint density at radius 1 is 0.258 bits per heavy atom. The van der Waals surface area contributed by atoms with E-state index in [0.717, 1.165) is 0 Å². The molecule has 0 bridgehead atoms. The molecule has 0 aliphatic rings. The molecule has 0 radical (unpaired) electrons. The van der Waals surface area contributed by atoms with Crippen molar-refractivity contribution in [3.63, 3.8) is 0 Å². The normalized spacial score (nSPS) is 11.6. The molecule has 0 aliphatic heterocycles. The van der Waals surface area contributed by atoms with Gasteiger partial charge in [-0.15, -0.1) is 34.0 Å². The first-order valence-electron chi connectivity index (χ1n) is 30.5. The maximum absolute atomic E-state index is 2.33. The van der Waals surface area contributed by atoms with E-state index < -0.39 is 0 Å². The molecule has 0 fully saturated rings. The number of nitrogens with zero attached hydrogens (tertiary/aromatic N) is 3. The summed E-state index contributed by atoms with van der Waals surface area (Å²) >= 11 is 5.71. The van der Waals surface area contributed by atoms with E-state index >= 15 is 0 Å². The van der Waals surface area contributed by atoms with Crippen LogP contribution in [-0.4, -0.2) is 0 Å². The van der Waals surface area contributed by atoms with Crippen LogP contribution >= 0.6 is 34.0 Å². The molecule has 0 aliphatic carbocycles. The van der Waals surface area contributed by atoms with E-state index in [0.29, 0.717) is 0 Å². The van der Waals surface area contributed by atoms with Crippen molar-refractivity contribution < 1.29 is 13.7 Å². The molecule has 11 aromatic carbocycles. The molecule has 0 unspecified atom stereocenters. The smallest absolute Gasteiger partial charge is 0.200 e. The van der Waals surface area contributed by atoms with E-state index in [2.05, 4.69) is 325 Å². The van der Waals surface area contributed by atoms with Gasteiger partial charge in [0.15, 0.2) is 18.6 Å². The topological polar surface area (TPSA) is 11.6 Å². The number of pyridine rings is 3. The first-order chi connectivity index (χ1) is 43.4. The molecule has 17 rings (SSSR count). The molecule has 17 aromatic rings. The Hall–Kier alpha value is -9.69. The highest BCUT2D eigenvalue weighted by atomic mass is 32.1. The van der Waals surface area contributed by atoms with Crippen LogP contribution in [-0.2, 0) is 21.1 Å². The van der Waals surface area contributed by atoms with Crippen LogP contribution in [0.5, 0.6) is 0 Å². The minimum atomic E-state index is 1.26. The van der Waals surface area contributed by atoms with Crippen LogP contribution in [0.15, 0.2) is 255 Å². The number of thiophene rings is 3. The second kappa shape index (κ2) is 22.8. The maximum atomic E-state index is 2.33. The highest BCUT2D eigenvalue weighted by molar-refractivity contribution is 7.27. The first-order valence-corrected chi connectivity index (χ1v) is 33.0. The predicted molar refractivity (Wildman–Crippen MR) is 385 cm³/mol. The highest BCUT2D eigenvalue weighted by Crippen LogP contribution is 2.46. The van der Waals surface area contributed by atoms with E-state index in [9.17, 15) is 0 Å². The molecule has 0 amide bonds. The molecule has 0 atom stereocenters. The third kappa shape index (κ3) is 9.93. The average molecular weight is 1200 g/mol. The summed E-state index contributed by atoms with van der Waals surface area (Å²) in [6.07, 6.45) is 6.60. The molecule has 0 spiro atoms. The molecule has 0 saturated carbocycles. The van der Waals surface area contributed by atoms with Crippen molar-refractivity contribution in [2.75, 3.05) is 0 Å². The second-order valence-electron chi connectivity index (χ2n) is 23.9. The van der Waals surface area contributed by atoms with Gasteiger partial charge in [-0.2, -0.15) is 13.7 Å². The van der Waals surface area contributed by atoms with Crippen LogP contribution in [0, 0.1) is 34.6 Å². The number of hydrogen-bond donors (Lipinski definition) is 0. The lowest BCUT2D eigenvalue weighted by molar-refractivity contribution is -0.659. The first kappa shape index (κ1) is 55.9. The summed E-state index contributed by atoms with van der Waals surface area (Å²) in [6.45, 7) is 10.9. The SMILES string of the molecule is Cc1ccc(-c2ccc3c(ccc4sc5c(-c6ccccc6C)[n+](C)ccc5c43)c2)cc1.Cc1ccc2c(ccc3sc4c(-c5ccccc5C)[n+](C)ccc4c32)c1.Cc1ccccc1-c1c2sc3ccc4cc(-c5ccccc5)ccc4c3c2cc[n+]1C. The summed E-state index contributed by atoms with van der Waals surface area (Å²) in [5.74, 6) is 0. The Morgan fingerprint density at radius 3 is 0.978 bits per heavy atom. The van der Waals surface area contributed by atoms with Gasteiger partial charge in [0, 0.05) is 64.6 Å². The fourth-order valence-corrected chi connectivity index (χ4v) is 17.4. The van der Waals surface area contributed by atoms with Gasteiger partial charge in [0.2, 0.25) is 17.1 Å². The summed E-state index contributed by atoms with van der Waals surface area (Å²) in [5.41, 5.74) is 19.4. The fourth-order valence-electron chi connectivity index (χ4n) is 13.4. The van der Waals surface area contributed by atoms with Crippen molar-refractivity contribution in [2.24, 2.45) is 21.1 Å².